The Morgan fingerprint density at radius 3 is 3.12 bits per heavy atom. The standard InChI is InChI=1S/C18H22N4O3/c1-21-9-5-16(20-21)17(23)22-8-3-6-18(13-22)10-15(12-24-18)25-14-4-2-7-19-11-14/h2,4-5,7,9,11,15H,3,6,8,10,12-13H2,1H3/t15-,18-/m1/s1. The van der Waals surface area contributed by atoms with Gasteiger partial charge in [0.2, 0.25) is 0 Å². The molecule has 132 valence electrons. The average Bonchev–Trinajstić information content (AvgIpc) is 3.22. The van der Waals surface area contributed by atoms with Crippen molar-refractivity contribution < 1.29 is 14.3 Å². The quantitative estimate of drug-likeness (QED) is 0.848. The summed E-state index contributed by atoms with van der Waals surface area (Å²) in [5.41, 5.74) is 0.177. The first kappa shape index (κ1) is 16.1. The third kappa shape index (κ3) is 3.37. The van der Waals surface area contributed by atoms with Crippen molar-refractivity contribution in [2.75, 3.05) is 19.7 Å². The van der Waals surface area contributed by atoms with E-state index >= 15 is 0 Å². The lowest BCUT2D eigenvalue weighted by atomic mass is 9.89. The van der Waals surface area contributed by atoms with Crippen molar-refractivity contribution in [2.45, 2.75) is 31.0 Å². The van der Waals surface area contributed by atoms with Gasteiger partial charge in [0.15, 0.2) is 0 Å². The number of likely N-dealkylation sites (tertiary alicyclic amines) is 1. The lowest BCUT2D eigenvalue weighted by molar-refractivity contribution is -0.0454. The van der Waals surface area contributed by atoms with Gasteiger partial charge in [0, 0.05) is 32.4 Å². The molecule has 7 heteroatoms. The van der Waals surface area contributed by atoms with Crippen LogP contribution < -0.4 is 4.74 Å². The van der Waals surface area contributed by atoms with Gasteiger partial charge in [0.05, 0.1) is 24.9 Å². The molecule has 2 saturated heterocycles. The Hall–Kier alpha value is -2.41. The number of carbonyl (C=O) groups is 1. The summed E-state index contributed by atoms with van der Waals surface area (Å²) in [7, 11) is 1.81. The van der Waals surface area contributed by atoms with Crippen molar-refractivity contribution in [3.63, 3.8) is 0 Å². The van der Waals surface area contributed by atoms with Gasteiger partial charge in [0.25, 0.3) is 5.91 Å². The van der Waals surface area contributed by atoms with Crippen LogP contribution in [0.1, 0.15) is 29.8 Å². The molecule has 2 fully saturated rings. The number of ether oxygens (including phenoxy) is 2. The summed E-state index contributed by atoms with van der Waals surface area (Å²) in [6.07, 6.45) is 7.88. The normalized spacial score (nSPS) is 26.1. The van der Waals surface area contributed by atoms with Crippen molar-refractivity contribution in [3.8, 4) is 5.75 Å². The molecule has 4 heterocycles. The number of piperidine rings is 1. The minimum absolute atomic E-state index is 0.00546. The number of nitrogens with zero attached hydrogens (tertiary/aromatic N) is 4. The molecule has 2 atom stereocenters. The maximum absolute atomic E-state index is 12.7. The molecular formula is C18H22N4O3. The van der Waals surface area contributed by atoms with Crippen LogP contribution in [0.4, 0.5) is 0 Å². The Balaban J connectivity index is 1.41. The van der Waals surface area contributed by atoms with Crippen molar-refractivity contribution in [2.24, 2.45) is 7.05 Å². The molecule has 2 aliphatic rings. The van der Waals surface area contributed by atoms with Crippen LogP contribution >= 0.6 is 0 Å². The van der Waals surface area contributed by atoms with E-state index in [-0.39, 0.29) is 17.6 Å². The fourth-order valence-electron chi connectivity index (χ4n) is 3.73. The van der Waals surface area contributed by atoms with Crippen LogP contribution in [0.2, 0.25) is 0 Å². The van der Waals surface area contributed by atoms with Gasteiger partial charge < -0.3 is 14.4 Å². The van der Waals surface area contributed by atoms with Crippen molar-refractivity contribution in [1.82, 2.24) is 19.7 Å². The van der Waals surface area contributed by atoms with Crippen molar-refractivity contribution in [3.05, 3.63) is 42.5 Å². The van der Waals surface area contributed by atoms with Crippen LogP contribution in [0.5, 0.6) is 5.75 Å². The molecule has 2 aromatic heterocycles. The molecule has 0 unspecified atom stereocenters. The lowest BCUT2D eigenvalue weighted by Gasteiger charge is -2.39. The molecule has 25 heavy (non-hydrogen) atoms. The summed E-state index contributed by atoms with van der Waals surface area (Å²) in [4.78, 5) is 18.6. The van der Waals surface area contributed by atoms with E-state index in [4.69, 9.17) is 9.47 Å². The second kappa shape index (κ2) is 6.48. The Morgan fingerprint density at radius 1 is 1.44 bits per heavy atom. The molecule has 4 rings (SSSR count). The number of amides is 1. The minimum atomic E-state index is -0.310. The van der Waals surface area contributed by atoms with Gasteiger partial charge in [-0.2, -0.15) is 5.10 Å². The number of aryl methyl sites for hydroxylation is 1. The summed E-state index contributed by atoms with van der Waals surface area (Å²) in [5, 5.41) is 4.22. The molecule has 0 saturated carbocycles. The first-order chi connectivity index (χ1) is 12.1. The van der Waals surface area contributed by atoms with Gasteiger partial charge in [0.1, 0.15) is 17.5 Å². The third-order valence-electron chi connectivity index (χ3n) is 4.87. The molecule has 2 aliphatic heterocycles. The molecule has 0 N–H and O–H groups in total. The van der Waals surface area contributed by atoms with Crippen LogP contribution in [-0.2, 0) is 11.8 Å². The molecule has 1 spiro atoms. The predicted molar refractivity (Wildman–Crippen MR) is 90.3 cm³/mol. The first-order valence-electron chi connectivity index (χ1n) is 8.63. The number of pyridine rings is 1. The number of aromatic nitrogens is 3. The Bertz CT molecular complexity index is 748. The lowest BCUT2D eigenvalue weighted by Crippen LogP contribution is -2.50. The molecule has 7 nitrogen and oxygen atoms in total. The van der Waals surface area contributed by atoms with E-state index < -0.39 is 0 Å². The van der Waals surface area contributed by atoms with Gasteiger partial charge in [-0.3, -0.25) is 14.5 Å². The molecule has 0 radical (unpaired) electrons. The predicted octanol–water partition coefficient (Wildman–Crippen LogP) is 1.66. The average molecular weight is 342 g/mol. The van der Waals surface area contributed by atoms with Crippen LogP contribution in [0, 0.1) is 0 Å². The molecule has 0 bridgehead atoms. The van der Waals surface area contributed by atoms with E-state index in [2.05, 4.69) is 10.1 Å². The summed E-state index contributed by atoms with van der Waals surface area (Å²) in [6, 6.07) is 5.51. The Morgan fingerprint density at radius 2 is 2.36 bits per heavy atom. The summed E-state index contributed by atoms with van der Waals surface area (Å²) >= 11 is 0. The van der Waals surface area contributed by atoms with E-state index in [1.165, 1.54) is 0 Å². The van der Waals surface area contributed by atoms with E-state index in [1.807, 2.05) is 24.1 Å². The van der Waals surface area contributed by atoms with Gasteiger partial charge in [-0.1, -0.05) is 0 Å². The highest BCUT2D eigenvalue weighted by atomic mass is 16.6. The number of hydrogen-bond acceptors (Lipinski definition) is 5. The number of carbonyl (C=O) groups excluding carboxylic acids is 1. The molecule has 0 aliphatic carbocycles. The number of hydrogen-bond donors (Lipinski definition) is 0. The van der Waals surface area contributed by atoms with E-state index in [9.17, 15) is 4.79 Å². The largest absolute Gasteiger partial charge is 0.486 e. The first-order valence-corrected chi connectivity index (χ1v) is 8.63. The monoisotopic (exact) mass is 342 g/mol. The second-order valence-corrected chi connectivity index (χ2v) is 6.83. The maximum atomic E-state index is 12.7. The third-order valence-corrected chi connectivity index (χ3v) is 4.87. The van der Waals surface area contributed by atoms with Crippen LogP contribution in [0.3, 0.4) is 0 Å². The number of rotatable bonds is 3. The van der Waals surface area contributed by atoms with E-state index in [0.717, 1.165) is 31.6 Å². The molecular weight excluding hydrogens is 320 g/mol. The zero-order valence-corrected chi connectivity index (χ0v) is 14.3. The summed E-state index contributed by atoms with van der Waals surface area (Å²) < 4.78 is 13.8. The van der Waals surface area contributed by atoms with Crippen LogP contribution in [-0.4, -0.2) is 57.0 Å². The fraction of sp³-hybridized carbons (Fsp3) is 0.500. The summed E-state index contributed by atoms with van der Waals surface area (Å²) in [6.45, 7) is 1.88. The van der Waals surface area contributed by atoms with Crippen LogP contribution in [0.15, 0.2) is 36.8 Å². The zero-order chi connectivity index (χ0) is 17.3. The molecule has 2 aromatic rings. The Labute approximate surface area is 146 Å². The van der Waals surface area contributed by atoms with E-state index in [1.54, 1.807) is 29.3 Å². The van der Waals surface area contributed by atoms with Crippen molar-refractivity contribution >= 4 is 5.91 Å². The smallest absolute Gasteiger partial charge is 0.274 e. The SMILES string of the molecule is Cn1ccc(C(=O)N2CCC[C@@]3(C[C@@H](Oc4cccnc4)CO3)C2)n1. The van der Waals surface area contributed by atoms with Gasteiger partial charge in [-0.05, 0) is 31.0 Å². The van der Waals surface area contributed by atoms with E-state index in [0.29, 0.717) is 18.8 Å². The second-order valence-electron chi connectivity index (χ2n) is 6.83. The topological polar surface area (TPSA) is 69.5 Å². The Kier molecular flexibility index (Phi) is 4.17. The highest BCUT2D eigenvalue weighted by Crippen LogP contribution is 2.36. The van der Waals surface area contributed by atoms with Gasteiger partial charge >= 0.3 is 0 Å². The maximum Gasteiger partial charge on any atom is 0.274 e. The molecule has 0 aromatic carbocycles. The minimum Gasteiger partial charge on any atom is -0.486 e. The zero-order valence-electron chi connectivity index (χ0n) is 14.3. The highest BCUT2D eigenvalue weighted by Gasteiger charge is 2.45. The van der Waals surface area contributed by atoms with Gasteiger partial charge in [-0.25, -0.2) is 0 Å². The molecule has 1 amide bonds. The van der Waals surface area contributed by atoms with Crippen molar-refractivity contribution in [1.29, 1.82) is 0 Å². The fourth-order valence-corrected chi connectivity index (χ4v) is 3.73. The van der Waals surface area contributed by atoms with Crippen LogP contribution in [0.25, 0.3) is 0 Å². The van der Waals surface area contributed by atoms with Gasteiger partial charge in [-0.15, -0.1) is 0 Å². The highest BCUT2D eigenvalue weighted by molar-refractivity contribution is 5.92. The summed E-state index contributed by atoms with van der Waals surface area (Å²) in [5.74, 6) is 0.727.